The fourth-order valence-electron chi connectivity index (χ4n) is 3.30. The Kier molecular flexibility index (Phi) is 7.10. The number of amides is 1. The number of aryl methyl sites for hydroxylation is 1. The first-order valence-electron chi connectivity index (χ1n) is 9.28. The van der Waals surface area contributed by atoms with Crippen LogP contribution in [0.1, 0.15) is 52.0 Å². The molecule has 1 aromatic carbocycles. The van der Waals surface area contributed by atoms with Crippen LogP contribution < -0.4 is 9.64 Å². The van der Waals surface area contributed by atoms with Crippen molar-refractivity contribution in [3.8, 4) is 5.75 Å². The smallest absolute Gasteiger partial charge is 0.241 e. The molecule has 0 radical (unpaired) electrons. The number of carbonyl (C=O) groups excluding carboxylic acids is 1. The van der Waals surface area contributed by atoms with Gasteiger partial charge in [0, 0.05) is 18.3 Å². The molecule has 0 aliphatic carbocycles. The third-order valence-electron chi connectivity index (χ3n) is 4.82. The second kappa shape index (κ2) is 9.07. The molecule has 0 spiro atoms. The van der Waals surface area contributed by atoms with Gasteiger partial charge in [-0.25, -0.2) is 0 Å². The summed E-state index contributed by atoms with van der Waals surface area (Å²) in [6, 6.07) is 6.44. The first-order chi connectivity index (χ1) is 11.6. The maximum absolute atomic E-state index is 12.9. The van der Waals surface area contributed by atoms with E-state index in [-0.39, 0.29) is 5.91 Å². The van der Waals surface area contributed by atoms with Crippen molar-refractivity contribution in [2.75, 3.05) is 31.6 Å². The van der Waals surface area contributed by atoms with Gasteiger partial charge in [0.1, 0.15) is 5.75 Å². The summed E-state index contributed by atoms with van der Waals surface area (Å²) in [5, 5.41) is 0. The van der Waals surface area contributed by atoms with E-state index in [2.05, 4.69) is 31.7 Å². The van der Waals surface area contributed by atoms with Crippen LogP contribution in [0.25, 0.3) is 0 Å². The molecule has 0 fully saturated rings. The monoisotopic (exact) mass is 332 g/mol. The predicted octanol–water partition coefficient (Wildman–Crippen LogP) is 3.88. The van der Waals surface area contributed by atoms with E-state index in [0.29, 0.717) is 12.6 Å². The molecule has 134 valence electrons. The van der Waals surface area contributed by atoms with Crippen LogP contribution in [-0.4, -0.2) is 43.6 Å². The Hall–Kier alpha value is -1.55. The highest BCUT2D eigenvalue weighted by Crippen LogP contribution is 2.30. The molecule has 0 atom stereocenters. The highest BCUT2D eigenvalue weighted by atomic mass is 16.5. The predicted molar refractivity (Wildman–Crippen MR) is 99.9 cm³/mol. The van der Waals surface area contributed by atoms with Crippen LogP contribution in [0.4, 0.5) is 5.69 Å². The highest BCUT2D eigenvalue weighted by molar-refractivity contribution is 5.96. The molecular formula is C20H32N2O2. The zero-order valence-corrected chi connectivity index (χ0v) is 15.7. The van der Waals surface area contributed by atoms with Crippen molar-refractivity contribution in [2.45, 2.75) is 58.9 Å². The Labute approximate surface area is 146 Å². The number of benzene rings is 1. The van der Waals surface area contributed by atoms with Gasteiger partial charge in [0.25, 0.3) is 0 Å². The largest absolute Gasteiger partial charge is 0.497 e. The van der Waals surface area contributed by atoms with Gasteiger partial charge in [0.15, 0.2) is 0 Å². The Morgan fingerprint density at radius 3 is 2.79 bits per heavy atom. The third-order valence-corrected chi connectivity index (χ3v) is 4.82. The summed E-state index contributed by atoms with van der Waals surface area (Å²) in [5.74, 6) is 1.08. The first-order valence-corrected chi connectivity index (χ1v) is 9.28. The normalized spacial score (nSPS) is 14.2. The summed E-state index contributed by atoms with van der Waals surface area (Å²) >= 11 is 0. The van der Waals surface area contributed by atoms with Crippen LogP contribution in [0, 0.1) is 0 Å². The maximum Gasteiger partial charge on any atom is 0.241 e. The minimum Gasteiger partial charge on any atom is -0.497 e. The number of hydrogen-bond acceptors (Lipinski definition) is 3. The van der Waals surface area contributed by atoms with Crippen molar-refractivity contribution in [3.63, 3.8) is 0 Å². The number of fused-ring (bicyclic) bond motifs is 1. The zero-order valence-electron chi connectivity index (χ0n) is 15.7. The van der Waals surface area contributed by atoms with E-state index >= 15 is 0 Å². The molecule has 1 aliphatic heterocycles. The number of unbranched alkanes of at least 4 members (excludes halogenated alkanes) is 2. The fourth-order valence-corrected chi connectivity index (χ4v) is 3.30. The van der Waals surface area contributed by atoms with Crippen LogP contribution >= 0.6 is 0 Å². The number of methoxy groups -OCH3 is 1. The number of ether oxygens (including phenoxy) is 1. The maximum atomic E-state index is 12.9. The molecular weight excluding hydrogens is 300 g/mol. The topological polar surface area (TPSA) is 32.8 Å². The lowest BCUT2D eigenvalue weighted by molar-refractivity contribution is -0.120. The SMILES string of the molecule is CCCCCN(CC(=O)N1CCCc2cc(OC)ccc21)C(C)C. The summed E-state index contributed by atoms with van der Waals surface area (Å²) in [6.07, 6.45) is 5.63. The molecule has 0 saturated heterocycles. The molecule has 1 heterocycles. The van der Waals surface area contributed by atoms with Gasteiger partial charge in [-0.1, -0.05) is 19.8 Å². The van der Waals surface area contributed by atoms with E-state index in [4.69, 9.17) is 4.74 Å². The van der Waals surface area contributed by atoms with Gasteiger partial charge in [-0.15, -0.1) is 0 Å². The third kappa shape index (κ3) is 4.73. The van der Waals surface area contributed by atoms with Crippen LogP contribution in [0.5, 0.6) is 5.75 Å². The molecule has 24 heavy (non-hydrogen) atoms. The van der Waals surface area contributed by atoms with Gasteiger partial charge in [-0.2, -0.15) is 0 Å². The summed E-state index contributed by atoms with van der Waals surface area (Å²) < 4.78 is 5.32. The molecule has 4 heteroatoms. The molecule has 0 unspecified atom stereocenters. The first kappa shape index (κ1) is 18.8. The summed E-state index contributed by atoms with van der Waals surface area (Å²) in [6.45, 7) is 8.89. The average molecular weight is 332 g/mol. The summed E-state index contributed by atoms with van der Waals surface area (Å²) in [5.41, 5.74) is 2.28. The van der Waals surface area contributed by atoms with Crippen molar-refractivity contribution in [3.05, 3.63) is 23.8 Å². The number of nitrogens with zero attached hydrogens (tertiary/aromatic N) is 2. The van der Waals surface area contributed by atoms with Gasteiger partial charge in [-0.05, 0) is 63.4 Å². The zero-order chi connectivity index (χ0) is 17.5. The highest BCUT2D eigenvalue weighted by Gasteiger charge is 2.25. The molecule has 1 aromatic rings. The van der Waals surface area contributed by atoms with Crippen LogP contribution in [0.15, 0.2) is 18.2 Å². The van der Waals surface area contributed by atoms with Crippen molar-refractivity contribution < 1.29 is 9.53 Å². The molecule has 2 rings (SSSR count). The van der Waals surface area contributed by atoms with Crippen molar-refractivity contribution in [1.82, 2.24) is 4.90 Å². The Balaban J connectivity index is 2.07. The van der Waals surface area contributed by atoms with E-state index in [1.54, 1.807) is 7.11 Å². The second-order valence-corrected chi connectivity index (χ2v) is 6.91. The number of hydrogen-bond donors (Lipinski definition) is 0. The second-order valence-electron chi connectivity index (χ2n) is 6.91. The molecule has 0 aromatic heterocycles. The number of rotatable bonds is 8. The van der Waals surface area contributed by atoms with Gasteiger partial charge in [0.2, 0.25) is 5.91 Å². The summed E-state index contributed by atoms with van der Waals surface area (Å²) in [7, 11) is 1.68. The lowest BCUT2D eigenvalue weighted by Crippen LogP contribution is -2.45. The van der Waals surface area contributed by atoms with Gasteiger partial charge >= 0.3 is 0 Å². The van der Waals surface area contributed by atoms with E-state index in [0.717, 1.165) is 43.8 Å². The standard InChI is InChI=1S/C20H32N2O2/c1-5-6-7-12-21(16(2)3)15-20(23)22-13-8-9-17-14-18(24-4)10-11-19(17)22/h10-11,14,16H,5-9,12-13,15H2,1-4H3. The fraction of sp³-hybridized carbons (Fsp3) is 0.650. The van der Waals surface area contributed by atoms with Crippen LogP contribution in [0.3, 0.4) is 0 Å². The van der Waals surface area contributed by atoms with E-state index in [1.807, 2.05) is 17.0 Å². The van der Waals surface area contributed by atoms with E-state index in [1.165, 1.54) is 18.4 Å². The van der Waals surface area contributed by atoms with Crippen molar-refractivity contribution >= 4 is 11.6 Å². The molecule has 4 nitrogen and oxygen atoms in total. The van der Waals surface area contributed by atoms with Gasteiger partial charge in [-0.3, -0.25) is 9.69 Å². The summed E-state index contributed by atoms with van der Waals surface area (Å²) in [4.78, 5) is 17.2. The van der Waals surface area contributed by atoms with E-state index in [9.17, 15) is 4.79 Å². The Bertz CT molecular complexity index is 542. The molecule has 1 aliphatic rings. The van der Waals surface area contributed by atoms with Crippen molar-refractivity contribution in [2.24, 2.45) is 0 Å². The number of carbonyl (C=O) groups is 1. The minimum atomic E-state index is 0.214. The van der Waals surface area contributed by atoms with Crippen LogP contribution in [-0.2, 0) is 11.2 Å². The molecule has 0 N–H and O–H groups in total. The van der Waals surface area contributed by atoms with Gasteiger partial charge < -0.3 is 9.64 Å². The Morgan fingerprint density at radius 2 is 2.12 bits per heavy atom. The quantitative estimate of drug-likeness (QED) is 0.677. The van der Waals surface area contributed by atoms with Crippen molar-refractivity contribution in [1.29, 1.82) is 0 Å². The lowest BCUT2D eigenvalue weighted by Gasteiger charge is -2.33. The lowest BCUT2D eigenvalue weighted by atomic mass is 10.0. The van der Waals surface area contributed by atoms with Gasteiger partial charge in [0.05, 0.1) is 13.7 Å². The molecule has 1 amide bonds. The average Bonchev–Trinajstić information content (AvgIpc) is 2.59. The number of anilines is 1. The molecule has 0 bridgehead atoms. The Morgan fingerprint density at radius 1 is 1.33 bits per heavy atom. The van der Waals surface area contributed by atoms with E-state index < -0.39 is 0 Å². The molecule has 0 saturated carbocycles. The van der Waals surface area contributed by atoms with Crippen LogP contribution in [0.2, 0.25) is 0 Å². The minimum absolute atomic E-state index is 0.214.